The van der Waals surface area contributed by atoms with E-state index < -0.39 is 23.7 Å². The van der Waals surface area contributed by atoms with Gasteiger partial charge in [0.05, 0.1) is 5.56 Å². The second-order valence-corrected chi connectivity index (χ2v) is 2.17. The first kappa shape index (κ1) is 8.76. The average molecular weight is 178 g/mol. The van der Waals surface area contributed by atoms with E-state index in [1.807, 2.05) is 0 Å². The number of halogens is 3. The maximum Gasteiger partial charge on any atom is 0.300 e. The van der Waals surface area contributed by atoms with Crippen molar-refractivity contribution in [2.75, 3.05) is 0 Å². The van der Waals surface area contributed by atoms with E-state index in [1.54, 1.807) is 0 Å². The Balaban J connectivity index is 3.02. The number of hydrogen-bond acceptors (Lipinski definition) is 2. The number of nitrogens with zero attached hydrogens (tertiary/aromatic N) is 2. The van der Waals surface area contributed by atoms with Crippen molar-refractivity contribution in [1.29, 1.82) is 0 Å². The predicted octanol–water partition coefficient (Wildman–Crippen LogP) is 1.01. The Bertz CT molecular complexity index is 308. The van der Waals surface area contributed by atoms with E-state index in [-0.39, 0.29) is 0 Å². The molecule has 0 aliphatic rings. The Kier molecular flexibility index (Phi) is 2.16. The van der Waals surface area contributed by atoms with Gasteiger partial charge in [0.15, 0.2) is 0 Å². The van der Waals surface area contributed by atoms with Crippen LogP contribution in [0.5, 0.6) is 0 Å². The van der Waals surface area contributed by atoms with E-state index in [0.29, 0.717) is 0 Å². The van der Waals surface area contributed by atoms with Crippen LogP contribution in [0.3, 0.4) is 0 Å². The van der Waals surface area contributed by atoms with Crippen LogP contribution in [-0.4, -0.2) is 22.0 Å². The lowest BCUT2D eigenvalue weighted by molar-refractivity contribution is 0.0674. The van der Waals surface area contributed by atoms with Crippen LogP contribution >= 0.6 is 0 Å². The molecule has 0 aliphatic carbocycles. The quantitative estimate of drug-likeness (QED) is 0.633. The van der Waals surface area contributed by atoms with Crippen LogP contribution < -0.4 is 0 Å². The van der Waals surface area contributed by atoms with Crippen LogP contribution in [0.25, 0.3) is 0 Å². The van der Waals surface area contributed by atoms with E-state index in [9.17, 15) is 18.0 Å². The molecule has 1 aromatic heterocycles. The van der Waals surface area contributed by atoms with Gasteiger partial charge in [0.25, 0.3) is 0 Å². The summed E-state index contributed by atoms with van der Waals surface area (Å²) in [5, 5.41) is 3.11. The van der Waals surface area contributed by atoms with Crippen LogP contribution in [0.2, 0.25) is 0 Å². The zero-order valence-electron chi connectivity index (χ0n) is 6.09. The van der Waals surface area contributed by atoms with Crippen molar-refractivity contribution in [2.45, 2.75) is 6.43 Å². The number of alkyl halides is 2. The minimum absolute atomic E-state index is 0.674. The van der Waals surface area contributed by atoms with Crippen molar-refractivity contribution in [2.24, 2.45) is 7.05 Å². The fourth-order valence-electron chi connectivity index (χ4n) is 0.744. The summed E-state index contributed by atoms with van der Waals surface area (Å²) in [6, 6.07) is 0. The standard InChI is InChI=1S/C6H5F3N2O/c1-11-2-3(6(9)10-11)4(12)5(7)8/h2,5H,1H3. The Morgan fingerprint density at radius 3 is 2.58 bits per heavy atom. The largest absolute Gasteiger partial charge is 0.300 e. The molecule has 0 N–H and O–H groups in total. The molecule has 0 unspecified atom stereocenters. The Morgan fingerprint density at radius 1 is 1.67 bits per heavy atom. The van der Waals surface area contributed by atoms with Gasteiger partial charge < -0.3 is 0 Å². The van der Waals surface area contributed by atoms with Gasteiger partial charge in [0, 0.05) is 13.2 Å². The third-order valence-electron chi connectivity index (χ3n) is 1.25. The molecule has 0 radical (unpaired) electrons. The van der Waals surface area contributed by atoms with Crippen LogP contribution in [0.4, 0.5) is 13.2 Å². The number of hydrogen-bond donors (Lipinski definition) is 0. The van der Waals surface area contributed by atoms with Crippen LogP contribution in [0.1, 0.15) is 10.4 Å². The zero-order valence-corrected chi connectivity index (χ0v) is 6.09. The maximum absolute atomic E-state index is 12.5. The van der Waals surface area contributed by atoms with Crippen molar-refractivity contribution in [1.82, 2.24) is 9.78 Å². The molecule has 0 aliphatic heterocycles. The van der Waals surface area contributed by atoms with Gasteiger partial charge in [0.1, 0.15) is 0 Å². The van der Waals surface area contributed by atoms with Crippen molar-refractivity contribution >= 4 is 5.78 Å². The number of aryl methyl sites for hydroxylation is 1. The van der Waals surface area contributed by atoms with Gasteiger partial charge in [-0.3, -0.25) is 9.48 Å². The molecule has 0 amide bonds. The number of aromatic nitrogens is 2. The molecular formula is C6H5F3N2O. The highest BCUT2D eigenvalue weighted by molar-refractivity contribution is 5.98. The number of carbonyl (C=O) groups excluding carboxylic acids is 1. The van der Waals surface area contributed by atoms with Gasteiger partial charge in [-0.15, -0.1) is 5.10 Å². The molecule has 0 atom stereocenters. The Hall–Kier alpha value is -1.33. The molecule has 1 aromatic rings. The molecule has 0 saturated carbocycles. The number of Topliss-reactive ketones (excluding diaryl/α,β-unsaturated/α-hetero) is 1. The molecule has 12 heavy (non-hydrogen) atoms. The molecule has 0 fully saturated rings. The van der Waals surface area contributed by atoms with Gasteiger partial charge >= 0.3 is 6.43 Å². The van der Waals surface area contributed by atoms with Gasteiger partial charge in [-0.1, -0.05) is 0 Å². The van der Waals surface area contributed by atoms with Crippen LogP contribution in [0, 0.1) is 5.95 Å². The zero-order chi connectivity index (χ0) is 9.30. The summed E-state index contributed by atoms with van der Waals surface area (Å²) in [4.78, 5) is 10.5. The van der Waals surface area contributed by atoms with Gasteiger partial charge in [-0.2, -0.15) is 4.39 Å². The first-order chi connectivity index (χ1) is 5.52. The van der Waals surface area contributed by atoms with E-state index in [0.717, 1.165) is 10.9 Å². The molecule has 6 heteroatoms. The lowest BCUT2D eigenvalue weighted by atomic mass is 10.2. The molecule has 0 bridgehead atoms. The monoisotopic (exact) mass is 178 g/mol. The van der Waals surface area contributed by atoms with Crippen molar-refractivity contribution in [3.8, 4) is 0 Å². The molecular weight excluding hydrogens is 173 g/mol. The number of carbonyl (C=O) groups is 1. The highest BCUT2D eigenvalue weighted by Crippen LogP contribution is 2.09. The summed E-state index contributed by atoms with van der Waals surface area (Å²) in [5.74, 6) is -2.71. The fraction of sp³-hybridized carbons (Fsp3) is 0.333. The van der Waals surface area contributed by atoms with Crippen molar-refractivity contribution < 1.29 is 18.0 Å². The summed E-state index contributed by atoms with van der Waals surface area (Å²) in [6.07, 6.45) is -2.27. The minimum atomic E-state index is -3.19. The lowest BCUT2D eigenvalue weighted by Crippen LogP contribution is -2.10. The first-order valence-electron chi connectivity index (χ1n) is 3.04. The van der Waals surface area contributed by atoms with Gasteiger partial charge in [-0.25, -0.2) is 8.78 Å². The molecule has 1 rings (SSSR count). The first-order valence-corrected chi connectivity index (χ1v) is 3.04. The van der Waals surface area contributed by atoms with E-state index in [2.05, 4.69) is 5.10 Å². The molecule has 66 valence electrons. The van der Waals surface area contributed by atoms with E-state index in [1.165, 1.54) is 7.05 Å². The summed E-state index contributed by atoms with van der Waals surface area (Å²) in [6.45, 7) is 0. The second-order valence-electron chi connectivity index (χ2n) is 2.17. The SMILES string of the molecule is Cn1cc(C(=O)C(F)F)c(F)n1. The second kappa shape index (κ2) is 2.96. The summed E-state index contributed by atoms with van der Waals surface area (Å²) < 4.78 is 37.0. The predicted molar refractivity (Wildman–Crippen MR) is 33.5 cm³/mol. The fourth-order valence-corrected chi connectivity index (χ4v) is 0.744. The van der Waals surface area contributed by atoms with Gasteiger partial charge in [0.2, 0.25) is 11.7 Å². The van der Waals surface area contributed by atoms with Crippen LogP contribution in [0.15, 0.2) is 6.20 Å². The highest BCUT2D eigenvalue weighted by atomic mass is 19.3. The Morgan fingerprint density at radius 2 is 2.25 bits per heavy atom. The third kappa shape index (κ3) is 1.46. The third-order valence-corrected chi connectivity index (χ3v) is 1.25. The number of rotatable bonds is 2. The van der Waals surface area contributed by atoms with Crippen molar-refractivity contribution in [3.05, 3.63) is 17.7 Å². The van der Waals surface area contributed by atoms with E-state index in [4.69, 9.17) is 0 Å². The molecule has 1 heterocycles. The van der Waals surface area contributed by atoms with E-state index >= 15 is 0 Å². The maximum atomic E-state index is 12.5. The highest BCUT2D eigenvalue weighted by Gasteiger charge is 2.23. The minimum Gasteiger partial charge on any atom is -0.287 e. The van der Waals surface area contributed by atoms with Crippen molar-refractivity contribution in [3.63, 3.8) is 0 Å². The lowest BCUT2D eigenvalue weighted by Gasteiger charge is -1.92. The molecule has 0 spiro atoms. The molecule has 3 nitrogen and oxygen atoms in total. The molecule has 0 aromatic carbocycles. The molecule has 0 saturated heterocycles. The van der Waals surface area contributed by atoms with Gasteiger partial charge in [-0.05, 0) is 0 Å². The normalized spacial score (nSPS) is 10.8. The average Bonchev–Trinajstić information content (AvgIpc) is 2.28. The topological polar surface area (TPSA) is 34.9 Å². The summed E-state index contributed by atoms with van der Waals surface area (Å²) >= 11 is 0. The Labute approximate surface area is 65.8 Å². The summed E-state index contributed by atoms with van der Waals surface area (Å²) in [5.41, 5.74) is -0.674. The van der Waals surface area contributed by atoms with Crippen LogP contribution in [-0.2, 0) is 7.05 Å². The smallest absolute Gasteiger partial charge is 0.287 e. The summed E-state index contributed by atoms with van der Waals surface area (Å²) in [7, 11) is 1.34. The number of ketones is 1.